The second kappa shape index (κ2) is 9.37. The molecule has 7 heteroatoms. The van der Waals surface area contributed by atoms with E-state index < -0.39 is 25.0 Å². The SMILES string of the molecule is COc1ccc(O[C@H]2O[C@@H]3CO[C@@H](c4ccccc4)O[C@H]3[C@@H]3O[C@H](c4ccccc4)O[C@H]23)cc1. The minimum absolute atomic E-state index is 0.356. The molecule has 0 N–H and O–H groups in total. The van der Waals surface area contributed by atoms with Crippen molar-refractivity contribution in [1.29, 1.82) is 0 Å². The van der Waals surface area contributed by atoms with Crippen molar-refractivity contribution in [3.8, 4) is 11.5 Å². The summed E-state index contributed by atoms with van der Waals surface area (Å²) in [4.78, 5) is 0. The molecule has 3 aromatic carbocycles. The molecule has 3 aliphatic rings. The molecule has 0 saturated carbocycles. The summed E-state index contributed by atoms with van der Waals surface area (Å²) in [7, 11) is 1.63. The van der Waals surface area contributed by atoms with Crippen LogP contribution < -0.4 is 9.47 Å². The number of fused-ring (bicyclic) bond motifs is 3. The van der Waals surface area contributed by atoms with E-state index >= 15 is 0 Å². The zero-order chi connectivity index (χ0) is 22.9. The third kappa shape index (κ3) is 4.17. The third-order valence-electron chi connectivity index (χ3n) is 6.30. The second-order valence-corrected chi connectivity index (χ2v) is 8.46. The van der Waals surface area contributed by atoms with E-state index in [0.717, 1.165) is 16.9 Å². The maximum Gasteiger partial charge on any atom is 0.229 e. The zero-order valence-electron chi connectivity index (χ0n) is 18.7. The first-order valence-electron chi connectivity index (χ1n) is 11.4. The van der Waals surface area contributed by atoms with Gasteiger partial charge in [0, 0.05) is 11.1 Å². The van der Waals surface area contributed by atoms with Gasteiger partial charge in [0.15, 0.2) is 18.7 Å². The van der Waals surface area contributed by atoms with Crippen molar-refractivity contribution in [3.05, 3.63) is 96.1 Å². The molecule has 3 aliphatic heterocycles. The quantitative estimate of drug-likeness (QED) is 0.557. The van der Waals surface area contributed by atoms with Crippen LogP contribution in [-0.4, -0.2) is 44.4 Å². The lowest BCUT2D eigenvalue weighted by Crippen LogP contribution is -2.61. The van der Waals surface area contributed by atoms with Crippen LogP contribution in [0.15, 0.2) is 84.9 Å². The lowest BCUT2D eigenvalue weighted by Gasteiger charge is -2.45. The molecular weight excluding hydrogens is 436 g/mol. The van der Waals surface area contributed by atoms with Crippen LogP contribution in [0, 0.1) is 0 Å². The van der Waals surface area contributed by atoms with Crippen molar-refractivity contribution in [3.63, 3.8) is 0 Å². The first-order chi connectivity index (χ1) is 16.8. The highest BCUT2D eigenvalue weighted by Crippen LogP contribution is 2.43. The van der Waals surface area contributed by atoms with Crippen LogP contribution >= 0.6 is 0 Å². The van der Waals surface area contributed by atoms with Gasteiger partial charge < -0.3 is 33.2 Å². The molecule has 3 fully saturated rings. The number of benzene rings is 3. The van der Waals surface area contributed by atoms with Gasteiger partial charge in [0.2, 0.25) is 6.29 Å². The Bertz CT molecular complexity index is 1080. The molecule has 6 rings (SSSR count). The highest BCUT2D eigenvalue weighted by Gasteiger charge is 2.57. The molecule has 0 radical (unpaired) electrons. The minimum Gasteiger partial charge on any atom is -0.497 e. The first-order valence-corrected chi connectivity index (χ1v) is 11.4. The summed E-state index contributed by atoms with van der Waals surface area (Å²) < 4.78 is 43.0. The van der Waals surface area contributed by atoms with Gasteiger partial charge in [-0.05, 0) is 24.3 Å². The Morgan fingerprint density at radius 3 is 1.88 bits per heavy atom. The third-order valence-corrected chi connectivity index (χ3v) is 6.30. The number of hydrogen-bond acceptors (Lipinski definition) is 7. The van der Waals surface area contributed by atoms with E-state index in [2.05, 4.69) is 0 Å². The van der Waals surface area contributed by atoms with Crippen molar-refractivity contribution >= 4 is 0 Å². The van der Waals surface area contributed by atoms with Gasteiger partial charge in [0.25, 0.3) is 0 Å². The molecule has 0 aromatic heterocycles. The van der Waals surface area contributed by atoms with E-state index in [1.807, 2.05) is 84.9 Å². The van der Waals surface area contributed by atoms with E-state index in [9.17, 15) is 0 Å². The van der Waals surface area contributed by atoms with Crippen molar-refractivity contribution < 1.29 is 33.2 Å². The Labute approximate surface area is 198 Å². The fraction of sp³-hybridized carbons (Fsp3) is 0.333. The fourth-order valence-electron chi connectivity index (χ4n) is 4.59. The number of rotatable bonds is 5. The van der Waals surface area contributed by atoms with E-state index in [-0.39, 0.29) is 18.3 Å². The predicted molar refractivity (Wildman–Crippen MR) is 121 cm³/mol. The van der Waals surface area contributed by atoms with Gasteiger partial charge in [-0.2, -0.15) is 0 Å². The van der Waals surface area contributed by atoms with Crippen LogP contribution in [0.5, 0.6) is 11.5 Å². The number of hydrogen-bond donors (Lipinski definition) is 0. The molecule has 3 aromatic rings. The van der Waals surface area contributed by atoms with Gasteiger partial charge in [-0.3, -0.25) is 0 Å². The minimum atomic E-state index is -0.686. The van der Waals surface area contributed by atoms with Gasteiger partial charge in [-0.15, -0.1) is 0 Å². The standard InChI is InChI=1S/C27H26O7/c1-28-19-12-14-20(15-13-19)30-27-24-23(33-26(34-24)18-10-6-3-7-11-18)22-21(31-27)16-29-25(32-22)17-8-4-2-5-9-17/h2-15,21-27H,16H2,1H3/t21-,22-,23+,24+,25-,26+,27+/m1/s1. The lowest BCUT2D eigenvalue weighted by atomic mass is 9.98. The normalized spacial score (nSPS) is 32.4. The predicted octanol–water partition coefficient (Wildman–Crippen LogP) is 4.40. The summed E-state index contributed by atoms with van der Waals surface area (Å²) in [6, 6.07) is 27.1. The van der Waals surface area contributed by atoms with Gasteiger partial charge in [0.05, 0.1) is 13.7 Å². The molecule has 0 aliphatic carbocycles. The smallest absolute Gasteiger partial charge is 0.229 e. The molecular formula is C27H26O7. The molecule has 0 amide bonds. The molecule has 34 heavy (non-hydrogen) atoms. The Morgan fingerprint density at radius 1 is 0.618 bits per heavy atom. The van der Waals surface area contributed by atoms with Crippen LogP contribution in [0.4, 0.5) is 0 Å². The van der Waals surface area contributed by atoms with Crippen molar-refractivity contribution in [2.45, 2.75) is 43.3 Å². The molecule has 0 bridgehead atoms. The second-order valence-electron chi connectivity index (χ2n) is 8.46. The molecule has 7 atom stereocenters. The number of ether oxygens (including phenoxy) is 7. The van der Waals surface area contributed by atoms with E-state index in [1.54, 1.807) is 7.11 Å². The summed E-state index contributed by atoms with van der Waals surface area (Å²) >= 11 is 0. The van der Waals surface area contributed by atoms with Gasteiger partial charge in [-0.1, -0.05) is 60.7 Å². The van der Waals surface area contributed by atoms with Gasteiger partial charge in [-0.25, -0.2) is 0 Å². The Morgan fingerprint density at radius 2 is 1.21 bits per heavy atom. The average molecular weight is 462 g/mol. The molecule has 7 nitrogen and oxygen atoms in total. The van der Waals surface area contributed by atoms with Crippen LogP contribution in [-0.2, 0) is 23.7 Å². The summed E-state index contributed by atoms with van der Waals surface area (Å²) in [5, 5.41) is 0. The van der Waals surface area contributed by atoms with Gasteiger partial charge >= 0.3 is 0 Å². The Balaban J connectivity index is 1.26. The first kappa shape index (κ1) is 21.6. The van der Waals surface area contributed by atoms with Gasteiger partial charge in [0.1, 0.15) is 29.8 Å². The highest BCUT2D eigenvalue weighted by atomic mass is 16.8. The average Bonchev–Trinajstić information content (AvgIpc) is 3.36. The summed E-state index contributed by atoms with van der Waals surface area (Å²) in [5.41, 5.74) is 1.89. The van der Waals surface area contributed by atoms with Crippen LogP contribution in [0.3, 0.4) is 0 Å². The Kier molecular flexibility index (Phi) is 5.95. The Hall–Kier alpha value is -2.94. The van der Waals surface area contributed by atoms with Crippen molar-refractivity contribution in [2.24, 2.45) is 0 Å². The molecule has 3 saturated heterocycles. The molecule has 3 heterocycles. The maximum atomic E-state index is 6.43. The number of methoxy groups -OCH3 is 1. The molecule has 0 spiro atoms. The monoisotopic (exact) mass is 462 g/mol. The lowest BCUT2D eigenvalue weighted by molar-refractivity contribution is -0.335. The van der Waals surface area contributed by atoms with Crippen LogP contribution in [0.25, 0.3) is 0 Å². The molecule has 0 unspecified atom stereocenters. The topological polar surface area (TPSA) is 64.6 Å². The summed E-state index contributed by atoms with van der Waals surface area (Å²) in [5.74, 6) is 1.40. The molecule has 176 valence electrons. The largest absolute Gasteiger partial charge is 0.497 e. The maximum absolute atomic E-state index is 6.43. The highest BCUT2D eigenvalue weighted by molar-refractivity contribution is 5.31. The summed E-state index contributed by atoms with van der Waals surface area (Å²) in [6.07, 6.45) is -3.32. The van der Waals surface area contributed by atoms with E-state index in [1.165, 1.54) is 0 Å². The van der Waals surface area contributed by atoms with E-state index in [4.69, 9.17) is 33.2 Å². The van der Waals surface area contributed by atoms with E-state index in [0.29, 0.717) is 12.4 Å². The summed E-state index contributed by atoms with van der Waals surface area (Å²) in [6.45, 7) is 0.356. The van der Waals surface area contributed by atoms with Crippen LogP contribution in [0.1, 0.15) is 23.7 Å². The fourth-order valence-corrected chi connectivity index (χ4v) is 4.59. The van der Waals surface area contributed by atoms with Crippen LogP contribution in [0.2, 0.25) is 0 Å². The van der Waals surface area contributed by atoms with Crippen molar-refractivity contribution in [1.82, 2.24) is 0 Å². The zero-order valence-corrected chi connectivity index (χ0v) is 18.7. The van der Waals surface area contributed by atoms with Crippen molar-refractivity contribution in [2.75, 3.05) is 13.7 Å².